The molecule has 2 atom stereocenters. The molecule has 0 spiro atoms. The van der Waals surface area contributed by atoms with Gasteiger partial charge in [0.25, 0.3) is 5.91 Å². The summed E-state index contributed by atoms with van der Waals surface area (Å²) in [6, 6.07) is 13.0. The summed E-state index contributed by atoms with van der Waals surface area (Å²) in [6.07, 6.45) is 0.384. The van der Waals surface area contributed by atoms with Crippen LogP contribution in [-0.2, 0) is 4.74 Å². The highest BCUT2D eigenvalue weighted by Gasteiger charge is 2.23. The normalized spacial score (nSPS) is 17.7. The van der Waals surface area contributed by atoms with E-state index >= 15 is 0 Å². The molecule has 2 N–H and O–H groups in total. The van der Waals surface area contributed by atoms with Crippen LogP contribution in [0.5, 0.6) is 17.2 Å². The Morgan fingerprint density at radius 3 is 2.64 bits per heavy atom. The molecule has 1 amide bonds. The molecule has 0 aliphatic carbocycles. The molecule has 1 aromatic heterocycles. The third-order valence-corrected chi connectivity index (χ3v) is 6.08. The summed E-state index contributed by atoms with van der Waals surface area (Å²) in [5.74, 6) is 0.367. The van der Waals surface area contributed by atoms with Crippen LogP contribution in [0.4, 0.5) is 4.39 Å². The largest absolute Gasteiger partial charge is 0.471 e. The average Bonchev–Trinajstić information content (AvgIpc) is 3.48. The number of halogens is 1. The highest BCUT2D eigenvalue weighted by molar-refractivity contribution is 5.95. The smallest absolute Gasteiger partial charge is 0.253 e. The highest BCUT2D eigenvalue weighted by Crippen LogP contribution is 2.34. The first-order chi connectivity index (χ1) is 17.4. The van der Waals surface area contributed by atoms with E-state index in [4.69, 9.17) is 14.2 Å². The van der Waals surface area contributed by atoms with E-state index < -0.39 is 12.1 Å². The minimum Gasteiger partial charge on any atom is -0.471 e. The van der Waals surface area contributed by atoms with Gasteiger partial charge in [-0.1, -0.05) is 6.92 Å². The van der Waals surface area contributed by atoms with Crippen LogP contribution in [0.1, 0.15) is 42.7 Å². The number of ether oxygens (including phenoxy) is 3. The van der Waals surface area contributed by atoms with Crippen molar-refractivity contribution in [3.63, 3.8) is 0 Å². The first kappa shape index (κ1) is 23.9. The maximum atomic E-state index is 14.9. The predicted molar refractivity (Wildman–Crippen MR) is 132 cm³/mol. The number of amides is 1. The lowest BCUT2D eigenvalue weighted by Crippen LogP contribution is -2.42. The summed E-state index contributed by atoms with van der Waals surface area (Å²) in [5.41, 5.74) is 2.47. The molecule has 0 saturated carbocycles. The summed E-state index contributed by atoms with van der Waals surface area (Å²) in [5, 5.41) is 10.0. The Labute approximate surface area is 208 Å². The van der Waals surface area contributed by atoms with E-state index in [0.29, 0.717) is 49.0 Å². The second kappa shape index (κ2) is 10.0. The maximum absolute atomic E-state index is 14.9. The Bertz CT molecular complexity index is 1300. The van der Waals surface area contributed by atoms with E-state index in [1.807, 2.05) is 19.1 Å². The Morgan fingerprint density at radius 1 is 1.19 bits per heavy atom. The number of nitrogens with zero attached hydrogens (tertiary/aromatic N) is 2. The molecule has 9 heteroatoms. The van der Waals surface area contributed by atoms with Crippen molar-refractivity contribution < 1.29 is 28.5 Å². The fraction of sp³-hybridized carbons (Fsp3) is 0.333. The molecular formula is C27H28FN3O5. The molecule has 5 rings (SSSR count). The molecule has 3 aromatic rings. The van der Waals surface area contributed by atoms with Gasteiger partial charge in [0.1, 0.15) is 23.3 Å². The Hall–Kier alpha value is -3.85. The van der Waals surface area contributed by atoms with Crippen molar-refractivity contribution in [1.82, 2.24) is 9.88 Å². The number of carbonyl (C=O) groups is 1. The van der Waals surface area contributed by atoms with E-state index in [9.17, 15) is 14.3 Å². The number of aliphatic imine (C=N–C) groups is 1. The summed E-state index contributed by atoms with van der Waals surface area (Å²) in [6.45, 7) is 5.74. The van der Waals surface area contributed by atoms with Crippen molar-refractivity contribution in [1.29, 1.82) is 0 Å². The molecule has 2 aromatic carbocycles. The van der Waals surface area contributed by atoms with E-state index in [2.05, 4.69) is 9.98 Å². The van der Waals surface area contributed by atoms with Crippen LogP contribution in [0.3, 0.4) is 0 Å². The number of rotatable bonds is 8. The first-order valence-corrected chi connectivity index (χ1v) is 12.1. The number of likely N-dealkylation sites (tertiary alicyclic amines) is 1. The maximum Gasteiger partial charge on any atom is 0.253 e. The molecule has 8 nitrogen and oxygen atoms in total. The van der Waals surface area contributed by atoms with E-state index in [1.165, 1.54) is 12.1 Å². The zero-order chi connectivity index (χ0) is 25.2. The topological polar surface area (TPSA) is 96.4 Å². The van der Waals surface area contributed by atoms with Gasteiger partial charge in [-0.3, -0.25) is 4.79 Å². The van der Waals surface area contributed by atoms with Crippen molar-refractivity contribution in [2.45, 2.75) is 39.1 Å². The average molecular weight is 494 g/mol. The number of benzene rings is 2. The molecule has 188 valence electrons. The van der Waals surface area contributed by atoms with Crippen LogP contribution in [-0.4, -0.2) is 58.8 Å². The summed E-state index contributed by atoms with van der Waals surface area (Å²) in [7, 11) is 0. The SMILES string of the molecule is CCC(O)Oc1cc(Oc2ccc(C(=O)N3CCC3)cc2F)cc(-c2ccc(C3=NC[C@H](C)O3)[nH]2)c1. The van der Waals surface area contributed by atoms with E-state index in [1.54, 1.807) is 36.1 Å². The number of hydrogen-bond acceptors (Lipinski definition) is 6. The van der Waals surface area contributed by atoms with E-state index in [0.717, 1.165) is 17.8 Å². The summed E-state index contributed by atoms with van der Waals surface area (Å²) in [4.78, 5) is 21.8. The molecule has 0 bridgehead atoms. The zero-order valence-electron chi connectivity index (χ0n) is 20.2. The predicted octanol–water partition coefficient (Wildman–Crippen LogP) is 4.73. The number of aliphatic hydroxyl groups is 1. The molecule has 1 saturated heterocycles. The van der Waals surface area contributed by atoms with Gasteiger partial charge in [0.2, 0.25) is 5.90 Å². The molecule has 1 fully saturated rings. The molecule has 2 aliphatic rings. The second-order valence-electron chi connectivity index (χ2n) is 8.93. The number of hydrogen-bond donors (Lipinski definition) is 2. The lowest BCUT2D eigenvalue weighted by Gasteiger charge is -2.30. The van der Waals surface area contributed by atoms with Crippen LogP contribution in [0, 0.1) is 5.82 Å². The van der Waals surface area contributed by atoms with Gasteiger partial charge < -0.3 is 29.2 Å². The Kier molecular flexibility index (Phi) is 6.65. The van der Waals surface area contributed by atoms with Crippen molar-refractivity contribution in [2.24, 2.45) is 4.99 Å². The van der Waals surface area contributed by atoms with Gasteiger partial charge in [-0.2, -0.15) is 0 Å². The van der Waals surface area contributed by atoms with Crippen molar-refractivity contribution in [3.8, 4) is 28.5 Å². The second-order valence-corrected chi connectivity index (χ2v) is 8.93. The van der Waals surface area contributed by atoms with Crippen molar-refractivity contribution in [3.05, 3.63) is 65.6 Å². The van der Waals surface area contributed by atoms with E-state index in [-0.39, 0.29) is 23.3 Å². The number of aromatic nitrogens is 1. The van der Waals surface area contributed by atoms with Gasteiger partial charge in [0, 0.05) is 42.4 Å². The zero-order valence-corrected chi connectivity index (χ0v) is 20.2. The van der Waals surface area contributed by atoms with Crippen LogP contribution in [0.25, 0.3) is 11.3 Å². The molecular weight excluding hydrogens is 465 g/mol. The molecule has 0 radical (unpaired) electrons. The lowest BCUT2D eigenvalue weighted by molar-refractivity contribution is -0.0191. The van der Waals surface area contributed by atoms with Crippen LogP contribution in [0.2, 0.25) is 0 Å². The molecule has 2 aliphatic heterocycles. The number of aliphatic hydroxyl groups excluding tert-OH is 1. The number of H-pyrrole nitrogens is 1. The van der Waals surface area contributed by atoms with Gasteiger partial charge in [0.05, 0.1) is 6.54 Å². The van der Waals surface area contributed by atoms with Gasteiger partial charge in [-0.15, -0.1) is 0 Å². The van der Waals surface area contributed by atoms with Crippen molar-refractivity contribution >= 4 is 11.8 Å². The number of aromatic amines is 1. The highest BCUT2D eigenvalue weighted by atomic mass is 19.1. The minimum absolute atomic E-state index is 0.0239. The first-order valence-electron chi connectivity index (χ1n) is 12.1. The summed E-state index contributed by atoms with van der Waals surface area (Å²) >= 11 is 0. The van der Waals surface area contributed by atoms with Gasteiger partial charge >= 0.3 is 0 Å². The molecule has 3 heterocycles. The quantitative estimate of drug-likeness (QED) is 0.442. The Morgan fingerprint density at radius 2 is 1.97 bits per heavy atom. The van der Waals surface area contributed by atoms with Gasteiger partial charge in [0.15, 0.2) is 17.9 Å². The molecule has 36 heavy (non-hydrogen) atoms. The summed E-state index contributed by atoms with van der Waals surface area (Å²) < 4.78 is 32.1. The van der Waals surface area contributed by atoms with Crippen LogP contribution < -0.4 is 9.47 Å². The minimum atomic E-state index is -1.00. The monoisotopic (exact) mass is 493 g/mol. The lowest BCUT2D eigenvalue weighted by atomic mass is 10.1. The van der Waals surface area contributed by atoms with Gasteiger partial charge in [-0.25, -0.2) is 9.38 Å². The van der Waals surface area contributed by atoms with Gasteiger partial charge in [-0.05, 0) is 55.8 Å². The van der Waals surface area contributed by atoms with Crippen LogP contribution in [0.15, 0.2) is 53.5 Å². The fourth-order valence-electron chi connectivity index (χ4n) is 3.95. The third-order valence-electron chi connectivity index (χ3n) is 6.08. The fourth-order valence-corrected chi connectivity index (χ4v) is 3.95. The standard InChI is InChI=1S/C27H28FN3O5/c1-3-25(32)36-20-12-18(22-6-7-23(30-22)26-29-15-16(2)34-26)11-19(14-20)35-24-8-5-17(13-21(24)28)27(33)31-9-4-10-31/h5-8,11-14,16,25,30,32H,3-4,9-10,15H2,1-2H3/t16-,25?/m0/s1. The number of nitrogens with one attached hydrogen (secondary N) is 1. The number of carbonyl (C=O) groups excluding carboxylic acids is 1. The third kappa shape index (κ3) is 5.06. The Balaban J connectivity index is 1.42. The van der Waals surface area contributed by atoms with Crippen LogP contribution >= 0.6 is 0 Å². The van der Waals surface area contributed by atoms with Crippen molar-refractivity contribution in [2.75, 3.05) is 19.6 Å². The molecule has 1 unspecified atom stereocenters.